The van der Waals surface area contributed by atoms with E-state index in [-0.39, 0.29) is 18.6 Å². The highest BCUT2D eigenvalue weighted by atomic mass is 16.5. The third-order valence-corrected chi connectivity index (χ3v) is 2.93. The lowest BCUT2D eigenvalue weighted by Crippen LogP contribution is -2.46. The number of ether oxygens (including phenoxy) is 1. The molecule has 1 amide bonds. The minimum absolute atomic E-state index is 0.126. The molecule has 102 valence electrons. The highest BCUT2D eigenvalue weighted by Crippen LogP contribution is 2.21. The lowest BCUT2D eigenvalue weighted by atomic mass is 10.0. The fourth-order valence-electron chi connectivity index (χ4n) is 2.10. The topological polar surface area (TPSA) is 66.8 Å². The zero-order chi connectivity index (χ0) is 13.7. The summed E-state index contributed by atoms with van der Waals surface area (Å²) in [6.45, 7) is 6.71. The van der Waals surface area contributed by atoms with E-state index in [2.05, 4.69) is 0 Å². The molecular weight excluding hydrogens is 234 g/mol. The Kier molecular flexibility index (Phi) is 5.34. The van der Waals surface area contributed by atoms with Gasteiger partial charge in [0.2, 0.25) is 5.91 Å². The molecule has 0 aromatic heterocycles. The van der Waals surface area contributed by atoms with Crippen LogP contribution in [0.25, 0.3) is 0 Å². The van der Waals surface area contributed by atoms with Crippen molar-refractivity contribution in [3.05, 3.63) is 11.6 Å². The van der Waals surface area contributed by atoms with Crippen LogP contribution in [0.2, 0.25) is 0 Å². The minimum Gasteiger partial charge on any atom is -0.481 e. The molecule has 1 rings (SSSR count). The summed E-state index contributed by atoms with van der Waals surface area (Å²) in [7, 11) is 0. The second kappa shape index (κ2) is 6.54. The van der Waals surface area contributed by atoms with Gasteiger partial charge in [0.05, 0.1) is 19.3 Å². The summed E-state index contributed by atoms with van der Waals surface area (Å²) in [6.07, 6.45) is 2.35. The molecular formula is C13H21NO4. The molecule has 0 spiro atoms. The Bertz CT molecular complexity index is 347. The fraction of sp³-hybridized carbons (Fsp3) is 0.692. The molecule has 1 N–H and O–H groups in total. The molecule has 0 radical (unpaired) electrons. The van der Waals surface area contributed by atoms with Gasteiger partial charge in [-0.25, -0.2) is 0 Å². The van der Waals surface area contributed by atoms with Crippen molar-refractivity contribution >= 4 is 11.9 Å². The van der Waals surface area contributed by atoms with Crippen LogP contribution in [0.1, 0.15) is 27.2 Å². The molecule has 2 atom stereocenters. The number of hydrogen-bond donors (Lipinski definition) is 1. The average Bonchev–Trinajstić information content (AvgIpc) is 2.73. The second-order valence-corrected chi connectivity index (χ2v) is 4.80. The van der Waals surface area contributed by atoms with Crippen LogP contribution < -0.4 is 0 Å². The van der Waals surface area contributed by atoms with Crippen molar-refractivity contribution in [1.82, 2.24) is 4.90 Å². The number of carbonyl (C=O) groups is 2. The van der Waals surface area contributed by atoms with Gasteiger partial charge in [0.1, 0.15) is 5.92 Å². The molecule has 0 aliphatic carbocycles. The van der Waals surface area contributed by atoms with Crippen molar-refractivity contribution in [1.29, 1.82) is 0 Å². The van der Waals surface area contributed by atoms with Gasteiger partial charge in [-0.3, -0.25) is 9.59 Å². The third-order valence-electron chi connectivity index (χ3n) is 2.93. The van der Waals surface area contributed by atoms with E-state index in [1.807, 2.05) is 20.8 Å². The zero-order valence-corrected chi connectivity index (χ0v) is 11.2. The maximum Gasteiger partial charge on any atom is 0.311 e. The summed E-state index contributed by atoms with van der Waals surface area (Å²) in [5, 5.41) is 9.13. The van der Waals surface area contributed by atoms with Crippen LogP contribution in [-0.4, -0.2) is 47.7 Å². The molecule has 1 fully saturated rings. The van der Waals surface area contributed by atoms with Gasteiger partial charge in [-0.2, -0.15) is 0 Å². The number of hydrogen-bond acceptors (Lipinski definition) is 3. The molecule has 0 saturated carbocycles. The summed E-state index contributed by atoms with van der Waals surface area (Å²) in [6, 6.07) is -0.356. The van der Waals surface area contributed by atoms with Crippen LogP contribution in [0, 0.1) is 5.92 Å². The van der Waals surface area contributed by atoms with Gasteiger partial charge in [0.25, 0.3) is 0 Å². The summed E-state index contributed by atoms with van der Waals surface area (Å²) in [5.74, 6) is -1.65. The van der Waals surface area contributed by atoms with Crippen molar-refractivity contribution in [3.63, 3.8) is 0 Å². The second-order valence-electron chi connectivity index (χ2n) is 4.80. The van der Waals surface area contributed by atoms with E-state index in [0.29, 0.717) is 13.2 Å². The zero-order valence-electron chi connectivity index (χ0n) is 11.2. The third kappa shape index (κ3) is 3.57. The predicted molar refractivity (Wildman–Crippen MR) is 67.2 cm³/mol. The van der Waals surface area contributed by atoms with Crippen molar-refractivity contribution in [2.24, 2.45) is 5.92 Å². The number of aliphatic carboxylic acids is 1. The molecule has 5 nitrogen and oxygen atoms in total. The molecule has 1 aliphatic heterocycles. The summed E-state index contributed by atoms with van der Waals surface area (Å²) >= 11 is 0. The average molecular weight is 255 g/mol. The normalized spacial score (nSPS) is 22.6. The standard InChI is InChI=1S/C13H21NO4/c1-4-5-14(12(15)6-9(2)3)11-8-18-7-10(11)13(16)17/h6,10-11H,4-5,7-8H2,1-3H3,(H,16,17). The van der Waals surface area contributed by atoms with E-state index in [4.69, 9.17) is 9.84 Å². The first kappa shape index (κ1) is 14.7. The Labute approximate surface area is 107 Å². The van der Waals surface area contributed by atoms with E-state index >= 15 is 0 Å². The van der Waals surface area contributed by atoms with E-state index in [9.17, 15) is 9.59 Å². The van der Waals surface area contributed by atoms with Crippen LogP contribution in [0.4, 0.5) is 0 Å². The van der Waals surface area contributed by atoms with Gasteiger partial charge in [0.15, 0.2) is 0 Å². The molecule has 18 heavy (non-hydrogen) atoms. The Morgan fingerprint density at radius 2 is 2.06 bits per heavy atom. The first-order valence-electron chi connectivity index (χ1n) is 6.23. The SMILES string of the molecule is CCCN(C(=O)C=C(C)C)C1COCC1C(=O)O. The van der Waals surface area contributed by atoms with Gasteiger partial charge in [-0.15, -0.1) is 0 Å². The minimum atomic E-state index is -0.899. The summed E-state index contributed by atoms with van der Waals surface area (Å²) in [5.41, 5.74) is 0.909. The number of rotatable bonds is 5. The highest BCUT2D eigenvalue weighted by Gasteiger charge is 2.39. The van der Waals surface area contributed by atoms with Gasteiger partial charge in [-0.1, -0.05) is 12.5 Å². The van der Waals surface area contributed by atoms with E-state index in [0.717, 1.165) is 12.0 Å². The Balaban J connectivity index is 2.87. The van der Waals surface area contributed by atoms with Crippen LogP contribution in [0.3, 0.4) is 0 Å². The van der Waals surface area contributed by atoms with Crippen molar-refractivity contribution in [2.75, 3.05) is 19.8 Å². The Morgan fingerprint density at radius 3 is 2.56 bits per heavy atom. The van der Waals surface area contributed by atoms with Crippen LogP contribution in [0.15, 0.2) is 11.6 Å². The number of amides is 1. The highest BCUT2D eigenvalue weighted by molar-refractivity contribution is 5.89. The number of allylic oxidation sites excluding steroid dienone is 1. The lowest BCUT2D eigenvalue weighted by molar-refractivity contribution is -0.144. The largest absolute Gasteiger partial charge is 0.481 e. The molecule has 1 saturated heterocycles. The quantitative estimate of drug-likeness (QED) is 0.752. The molecule has 1 heterocycles. The van der Waals surface area contributed by atoms with Crippen molar-refractivity contribution in [2.45, 2.75) is 33.2 Å². The number of carbonyl (C=O) groups excluding carboxylic acids is 1. The van der Waals surface area contributed by atoms with E-state index in [1.54, 1.807) is 11.0 Å². The van der Waals surface area contributed by atoms with Gasteiger partial charge in [-0.05, 0) is 20.3 Å². The summed E-state index contributed by atoms with van der Waals surface area (Å²) < 4.78 is 5.22. The van der Waals surface area contributed by atoms with Crippen LogP contribution >= 0.6 is 0 Å². The molecule has 5 heteroatoms. The number of nitrogens with zero attached hydrogens (tertiary/aromatic N) is 1. The molecule has 0 bridgehead atoms. The maximum atomic E-state index is 12.1. The smallest absolute Gasteiger partial charge is 0.311 e. The number of carboxylic acids is 1. The molecule has 0 aromatic carbocycles. The number of carboxylic acid groups (broad SMARTS) is 1. The fourth-order valence-corrected chi connectivity index (χ4v) is 2.10. The molecule has 1 aliphatic rings. The maximum absolute atomic E-state index is 12.1. The van der Waals surface area contributed by atoms with E-state index in [1.165, 1.54) is 0 Å². The molecule has 0 aromatic rings. The van der Waals surface area contributed by atoms with Crippen molar-refractivity contribution in [3.8, 4) is 0 Å². The van der Waals surface area contributed by atoms with E-state index < -0.39 is 11.9 Å². The van der Waals surface area contributed by atoms with Crippen LogP contribution in [0.5, 0.6) is 0 Å². The van der Waals surface area contributed by atoms with Gasteiger partial charge < -0.3 is 14.7 Å². The van der Waals surface area contributed by atoms with Crippen molar-refractivity contribution < 1.29 is 19.4 Å². The molecule has 2 unspecified atom stereocenters. The van der Waals surface area contributed by atoms with Crippen LogP contribution in [-0.2, 0) is 14.3 Å². The van der Waals surface area contributed by atoms with Gasteiger partial charge in [0, 0.05) is 12.6 Å². The van der Waals surface area contributed by atoms with Gasteiger partial charge >= 0.3 is 5.97 Å². The monoisotopic (exact) mass is 255 g/mol. The first-order valence-corrected chi connectivity index (χ1v) is 6.23. The lowest BCUT2D eigenvalue weighted by Gasteiger charge is -2.29. The Morgan fingerprint density at radius 1 is 1.39 bits per heavy atom. The first-order chi connectivity index (χ1) is 8.47. The Hall–Kier alpha value is -1.36. The predicted octanol–water partition coefficient (Wildman–Crippen LogP) is 1.29. The summed E-state index contributed by atoms with van der Waals surface area (Å²) in [4.78, 5) is 24.9.